The fraction of sp³-hybridized carbons (Fsp3) is 0.545. The molecule has 4 fully saturated rings. The second kappa shape index (κ2) is 12.0. The highest BCUT2D eigenvalue weighted by Gasteiger charge is 2.45. The van der Waals surface area contributed by atoms with E-state index in [-0.39, 0.29) is 43.0 Å². The zero-order valence-electron chi connectivity index (χ0n) is 26.0. The molecular formula is C33H39ClF2N8OS. The fourth-order valence-corrected chi connectivity index (χ4v) is 9.59. The Kier molecular flexibility index (Phi) is 7.92. The second-order valence-electron chi connectivity index (χ2n) is 13.3. The summed E-state index contributed by atoms with van der Waals surface area (Å²) in [4.78, 5) is 21.5. The van der Waals surface area contributed by atoms with Crippen molar-refractivity contribution in [3.8, 4) is 17.1 Å². The number of aromatic nitrogens is 3. The summed E-state index contributed by atoms with van der Waals surface area (Å²) in [6.45, 7) is 6.26. The van der Waals surface area contributed by atoms with Gasteiger partial charge in [0.1, 0.15) is 23.8 Å². The number of hydrogen-bond acceptors (Lipinski definition) is 10. The lowest BCUT2D eigenvalue weighted by Gasteiger charge is -2.42. The first-order valence-corrected chi connectivity index (χ1v) is 17.6. The Labute approximate surface area is 276 Å². The molecule has 244 valence electrons. The van der Waals surface area contributed by atoms with Crippen LogP contribution in [0.2, 0.25) is 5.02 Å². The average molecular weight is 669 g/mol. The van der Waals surface area contributed by atoms with Crippen LogP contribution in [0.4, 0.5) is 19.7 Å². The number of hydrogen-bond donors (Lipinski definition) is 2. The molecule has 0 spiro atoms. The smallest absolute Gasteiger partial charge is 0.319 e. The maximum atomic E-state index is 16.9. The molecule has 2 bridgehead atoms. The van der Waals surface area contributed by atoms with Crippen LogP contribution in [0.1, 0.15) is 44.9 Å². The van der Waals surface area contributed by atoms with Gasteiger partial charge in [-0.05, 0) is 89.8 Å². The topological polar surface area (TPSA) is 95.7 Å². The van der Waals surface area contributed by atoms with Crippen molar-refractivity contribution in [1.29, 1.82) is 0 Å². The molecule has 0 unspecified atom stereocenters. The summed E-state index contributed by atoms with van der Waals surface area (Å²) in [5.74, 6) is -0.420. The van der Waals surface area contributed by atoms with Gasteiger partial charge in [-0.2, -0.15) is 9.97 Å². The van der Waals surface area contributed by atoms with Crippen molar-refractivity contribution < 1.29 is 13.5 Å². The number of rotatable bonds is 9. The summed E-state index contributed by atoms with van der Waals surface area (Å²) in [6, 6.07) is 5.53. The molecule has 0 saturated carbocycles. The van der Waals surface area contributed by atoms with Gasteiger partial charge in [-0.1, -0.05) is 22.9 Å². The lowest BCUT2D eigenvalue weighted by Crippen LogP contribution is -2.54. The zero-order chi connectivity index (χ0) is 31.6. The molecule has 0 aliphatic carbocycles. The average Bonchev–Trinajstić information content (AvgIpc) is 3.79. The highest BCUT2D eigenvalue weighted by molar-refractivity contribution is 7.22. The first-order valence-electron chi connectivity index (χ1n) is 16.4. The van der Waals surface area contributed by atoms with Gasteiger partial charge in [-0.3, -0.25) is 9.80 Å². The van der Waals surface area contributed by atoms with E-state index in [0.717, 1.165) is 95.6 Å². The second-order valence-corrected chi connectivity index (χ2v) is 14.7. The Morgan fingerprint density at radius 2 is 1.85 bits per heavy atom. The molecule has 6 heterocycles. The van der Waals surface area contributed by atoms with Crippen LogP contribution >= 0.6 is 22.9 Å². The number of ether oxygens (including phenoxy) is 1. The molecule has 3 N–H and O–H groups in total. The molecule has 46 heavy (non-hydrogen) atoms. The minimum Gasteiger partial charge on any atom is -0.461 e. The number of nitrogens with two attached hydrogens (primary N) is 1. The number of fused-ring (bicyclic) bond motifs is 5. The Morgan fingerprint density at radius 1 is 1.09 bits per heavy atom. The normalized spacial score (nSPS) is 22.8. The van der Waals surface area contributed by atoms with E-state index < -0.39 is 11.6 Å². The van der Waals surface area contributed by atoms with Crippen molar-refractivity contribution in [3.63, 3.8) is 0 Å². The molecule has 2 aromatic heterocycles. The lowest BCUT2D eigenvalue weighted by atomic mass is 9.95. The maximum Gasteiger partial charge on any atom is 0.319 e. The Hall–Kier alpha value is -2.90. The van der Waals surface area contributed by atoms with Crippen molar-refractivity contribution in [2.75, 3.05) is 63.6 Å². The third-order valence-corrected chi connectivity index (χ3v) is 11.9. The maximum absolute atomic E-state index is 16.9. The summed E-state index contributed by atoms with van der Waals surface area (Å²) in [7, 11) is 1.99. The zero-order valence-corrected chi connectivity index (χ0v) is 27.6. The van der Waals surface area contributed by atoms with Gasteiger partial charge in [-0.25, -0.2) is 13.8 Å². The quantitative estimate of drug-likeness (QED) is 0.218. The Balaban J connectivity index is 1.22. The van der Waals surface area contributed by atoms with E-state index in [1.54, 1.807) is 6.07 Å². The van der Waals surface area contributed by atoms with Crippen LogP contribution in [0, 0.1) is 11.6 Å². The van der Waals surface area contributed by atoms with Gasteiger partial charge in [-0.15, -0.1) is 0 Å². The highest BCUT2D eigenvalue weighted by atomic mass is 35.5. The molecule has 2 aromatic carbocycles. The number of anilines is 2. The van der Waals surface area contributed by atoms with Crippen molar-refractivity contribution in [1.82, 2.24) is 30.1 Å². The summed E-state index contributed by atoms with van der Waals surface area (Å²) >= 11 is 7.92. The first kappa shape index (κ1) is 30.4. The van der Waals surface area contributed by atoms with Gasteiger partial charge in [0.05, 0.1) is 20.8 Å². The van der Waals surface area contributed by atoms with Crippen molar-refractivity contribution in [3.05, 3.63) is 34.9 Å². The van der Waals surface area contributed by atoms with Gasteiger partial charge in [0.25, 0.3) is 0 Å². The van der Waals surface area contributed by atoms with E-state index in [4.69, 9.17) is 32.0 Å². The molecule has 4 saturated heterocycles. The summed E-state index contributed by atoms with van der Waals surface area (Å²) in [5.41, 5.74) is 6.84. The van der Waals surface area contributed by atoms with Gasteiger partial charge >= 0.3 is 6.01 Å². The number of thiazole rings is 1. The predicted octanol–water partition coefficient (Wildman–Crippen LogP) is 5.69. The first-order chi connectivity index (χ1) is 22.3. The predicted molar refractivity (Wildman–Crippen MR) is 180 cm³/mol. The van der Waals surface area contributed by atoms with Crippen LogP contribution in [0.5, 0.6) is 6.01 Å². The van der Waals surface area contributed by atoms with Crippen molar-refractivity contribution >= 4 is 55.0 Å². The summed E-state index contributed by atoms with van der Waals surface area (Å²) in [5, 5.41) is 4.18. The van der Waals surface area contributed by atoms with Crippen LogP contribution in [0.3, 0.4) is 0 Å². The summed E-state index contributed by atoms with van der Waals surface area (Å²) in [6.07, 6.45) is 7.82. The number of piperazine rings is 1. The monoisotopic (exact) mass is 668 g/mol. The molecule has 4 aliphatic heterocycles. The van der Waals surface area contributed by atoms with Crippen LogP contribution in [0.25, 0.3) is 32.2 Å². The summed E-state index contributed by atoms with van der Waals surface area (Å²) < 4.78 is 38.3. The van der Waals surface area contributed by atoms with Gasteiger partial charge in [0, 0.05) is 48.2 Å². The number of nitrogens with zero attached hydrogens (tertiary/aromatic N) is 6. The minimum atomic E-state index is -0.606. The van der Waals surface area contributed by atoms with E-state index in [1.165, 1.54) is 12.1 Å². The third-order valence-electron chi connectivity index (χ3n) is 10.7. The van der Waals surface area contributed by atoms with Gasteiger partial charge in [0.15, 0.2) is 10.9 Å². The van der Waals surface area contributed by atoms with Gasteiger partial charge in [0.2, 0.25) is 0 Å². The molecular weight excluding hydrogens is 630 g/mol. The molecule has 4 aromatic rings. The molecule has 4 aliphatic rings. The van der Waals surface area contributed by atoms with E-state index in [2.05, 4.69) is 25.0 Å². The van der Waals surface area contributed by atoms with E-state index in [0.29, 0.717) is 35.5 Å². The SMILES string of the molecule is CNCCCN1[C@@H]2CC[C@H]1CN(c1nc(OCC34CCCN3CCC4)nc3c(F)c(-c4ccc(F)c5sc(N)nc45)c(Cl)cc13)C2. The van der Waals surface area contributed by atoms with Crippen LogP contribution in [-0.2, 0) is 0 Å². The number of nitrogen functional groups attached to an aromatic ring is 1. The van der Waals surface area contributed by atoms with Crippen LogP contribution in [0.15, 0.2) is 18.2 Å². The number of nitrogens with one attached hydrogen (secondary N) is 1. The Bertz CT molecular complexity index is 1780. The molecule has 0 radical (unpaired) electrons. The van der Waals surface area contributed by atoms with Crippen molar-refractivity contribution in [2.45, 2.75) is 62.6 Å². The largest absolute Gasteiger partial charge is 0.461 e. The van der Waals surface area contributed by atoms with Crippen LogP contribution < -0.4 is 20.7 Å². The van der Waals surface area contributed by atoms with Crippen LogP contribution in [-0.4, -0.2) is 95.3 Å². The fourth-order valence-electron chi connectivity index (χ4n) is 8.53. The molecule has 8 rings (SSSR count). The number of benzene rings is 2. The van der Waals surface area contributed by atoms with Gasteiger partial charge < -0.3 is 20.7 Å². The third kappa shape index (κ3) is 5.08. The Morgan fingerprint density at radius 3 is 2.59 bits per heavy atom. The van der Waals surface area contributed by atoms with E-state index in [1.807, 2.05) is 7.05 Å². The van der Waals surface area contributed by atoms with E-state index in [9.17, 15) is 4.39 Å². The molecule has 13 heteroatoms. The molecule has 9 nitrogen and oxygen atoms in total. The minimum absolute atomic E-state index is 0.00940. The standard InChI is InChI=1S/C33H39ClF2N8OS/c1-38-11-4-14-44-19-5-6-20(44)17-42(16-19)30-22-15-23(34)25(21-7-8-24(35)29-28(21)39-31(37)46-29)26(36)27(22)40-32(41-30)45-18-33-9-2-12-43(33)13-3-10-33/h7-8,15,19-20,38H,2-6,9-14,16-18H2,1H3,(H2,37,39)/t19-,20+. The van der Waals surface area contributed by atoms with E-state index >= 15 is 4.39 Å². The van der Waals surface area contributed by atoms with Crippen molar-refractivity contribution in [2.24, 2.45) is 0 Å². The lowest BCUT2D eigenvalue weighted by molar-refractivity contribution is 0.107. The highest BCUT2D eigenvalue weighted by Crippen LogP contribution is 2.44. The molecule has 2 atom stereocenters. The number of halogens is 3. The molecule has 0 amide bonds.